The molecular formula is C7H14NO. The second-order valence-corrected chi connectivity index (χ2v) is 3.55. The van der Waals surface area contributed by atoms with Gasteiger partial charge in [0.05, 0.1) is 5.54 Å². The first-order chi connectivity index (χ1) is 3.81. The normalized spacial score (nSPS) is 18.8. The van der Waals surface area contributed by atoms with Crippen molar-refractivity contribution in [2.75, 3.05) is 0 Å². The van der Waals surface area contributed by atoms with E-state index in [2.05, 4.69) is 0 Å². The van der Waals surface area contributed by atoms with Gasteiger partial charge >= 0.3 is 0 Å². The standard InChI is InChI=1S/C7H14NO/c1-6(2,3)7(4,8)5-9/h8H2,1-4H3/t7-/m0/s1. The lowest BCUT2D eigenvalue weighted by Gasteiger charge is -2.32. The van der Waals surface area contributed by atoms with Crippen molar-refractivity contribution in [1.29, 1.82) is 0 Å². The zero-order chi connectivity index (χ0) is 7.71. The van der Waals surface area contributed by atoms with Crippen molar-refractivity contribution in [2.45, 2.75) is 33.2 Å². The molecule has 2 N–H and O–H groups in total. The third-order valence-electron chi connectivity index (χ3n) is 1.77. The van der Waals surface area contributed by atoms with Crippen LogP contribution in [-0.2, 0) is 4.79 Å². The van der Waals surface area contributed by atoms with Gasteiger partial charge in [0.25, 0.3) is 0 Å². The molecule has 0 aliphatic heterocycles. The first kappa shape index (κ1) is 8.63. The van der Waals surface area contributed by atoms with Crippen molar-refractivity contribution in [2.24, 2.45) is 11.1 Å². The van der Waals surface area contributed by atoms with E-state index in [4.69, 9.17) is 5.73 Å². The lowest BCUT2D eigenvalue weighted by Crippen LogP contribution is -2.49. The Morgan fingerprint density at radius 2 is 1.56 bits per heavy atom. The number of nitrogens with two attached hydrogens (primary N) is 1. The van der Waals surface area contributed by atoms with Crippen molar-refractivity contribution in [1.82, 2.24) is 0 Å². The number of rotatable bonds is 1. The molecule has 0 aliphatic carbocycles. The Morgan fingerprint density at radius 1 is 1.22 bits per heavy atom. The summed E-state index contributed by atoms with van der Waals surface area (Å²) in [4.78, 5) is 10.2. The van der Waals surface area contributed by atoms with Crippen LogP contribution in [0.2, 0.25) is 0 Å². The van der Waals surface area contributed by atoms with Gasteiger partial charge in [0, 0.05) is 0 Å². The number of hydrogen-bond acceptors (Lipinski definition) is 2. The molecule has 0 unspecified atom stereocenters. The molecule has 0 amide bonds. The van der Waals surface area contributed by atoms with E-state index in [1.165, 1.54) is 0 Å². The molecule has 53 valence electrons. The quantitative estimate of drug-likeness (QED) is 0.569. The predicted octanol–water partition coefficient (Wildman–Crippen LogP) is 0.860. The van der Waals surface area contributed by atoms with Crippen molar-refractivity contribution < 1.29 is 4.79 Å². The lowest BCUT2D eigenvalue weighted by molar-refractivity contribution is 0.273. The SMILES string of the molecule is CC(C)(C)[C@@](C)(N)[C]=O. The van der Waals surface area contributed by atoms with Gasteiger partial charge in [0.15, 0.2) is 0 Å². The van der Waals surface area contributed by atoms with Crippen LogP contribution in [0.25, 0.3) is 0 Å². The maximum absolute atomic E-state index is 10.2. The maximum Gasteiger partial charge on any atom is 0.220 e. The molecule has 0 rings (SSSR count). The van der Waals surface area contributed by atoms with Gasteiger partial charge in [-0.25, -0.2) is 0 Å². The van der Waals surface area contributed by atoms with E-state index in [-0.39, 0.29) is 5.41 Å². The Kier molecular flexibility index (Phi) is 2.02. The van der Waals surface area contributed by atoms with Crippen LogP contribution in [0.3, 0.4) is 0 Å². The highest BCUT2D eigenvalue weighted by molar-refractivity contribution is 5.65. The van der Waals surface area contributed by atoms with Crippen molar-refractivity contribution in [3.8, 4) is 0 Å². The van der Waals surface area contributed by atoms with E-state index in [1.54, 1.807) is 6.92 Å². The molecular weight excluding hydrogens is 114 g/mol. The van der Waals surface area contributed by atoms with Crippen molar-refractivity contribution in [3.05, 3.63) is 0 Å². The average molecular weight is 128 g/mol. The van der Waals surface area contributed by atoms with E-state index in [9.17, 15) is 4.79 Å². The first-order valence-corrected chi connectivity index (χ1v) is 2.99. The van der Waals surface area contributed by atoms with E-state index < -0.39 is 5.54 Å². The molecule has 0 aromatic rings. The maximum atomic E-state index is 10.2. The largest absolute Gasteiger partial charge is 0.318 e. The monoisotopic (exact) mass is 128 g/mol. The zero-order valence-electron chi connectivity index (χ0n) is 6.49. The van der Waals surface area contributed by atoms with Crippen LogP contribution < -0.4 is 5.73 Å². The minimum Gasteiger partial charge on any atom is -0.318 e. The molecule has 2 heteroatoms. The first-order valence-electron chi connectivity index (χ1n) is 2.99. The molecule has 0 saturated heterocycles. The number of hydrogen-bond donors (Lipinski definition) is 1. The summed E-state index contributed by atoms with van der Waals surface area (Å²) in [5.74, 6) is 0. The second kappa shape index (κ2) is 2.10. The van der Waals surface area contributed by atoms with Gasteiger partial charge in [-0.2, -0.15) is 0 Å². The van der Waals surface area contributed by atoms with Gasteiger partial charge in [-0.1, -0.05) is 20.8 Å². The van der Waals surface area contributed by atoms with E-state index in [1.807, 2.05) is 27.1 Å². The Hall–Kier alpha value is -0.370. The Bertz CT molecular complexity index is 111. The van der Waals surface area contributed by atoms with Crippen LogP contribution >= 0.6 is 0 Å². The highest BCUT2D eigenvalue weighted by atomic mass is 16.1. The summed E-state index contributed by atoms with van der Waals surface area (Å²) in [6.45, 7) is 7.42. The fraction of sp³-hybridized carbons (Fsp3) is 0.857. The fourth-order valence-corrected chi connectivity index (χ4v) is 0.153. The molecule has 0 bridgehead atoms. The van der Waals surface area contributed by atoms with E-state index >= 15 is 0 Å². The third-order valence-corrected chi connectivity index (χ3v) is 1.77. The summed E-state index contributed by atoms with van der Waals surface area (Å²) in [5.41, 5.74) is 4.54. The number of carbonyl (C=O) groups excluding carboxylic acids is 1. The summed E-state index contributed by atoms with van der Waals surface area (Å²) in [7, 11) is 0. The average Bonchev–Trinajstić information content (AvgIpc) is 1.64. The molecule has 9 heavy (non-hydrogen) atoms. The van der Waals surface area contributed by atoms with Gasteiger partial charge in [0.2, 0.25) is 6.29 Å². The summed E-state index contributed by atoms with van der Waals surface area (Å²) in [5, 5.41) is 0. The van der Waals surface area contributed by atoms with Gasteiger partial charge in [0.1, 0.15) is 0 Å². The van der Waals surface area contributed by atoms with Crippen LogP contribution in [0.15, 0.2) is 0 Å². The van der Waals surface area contributed by atoms with Crippen LogP contribution in [0.1, 0.15) is 27.7 Å². The van der Waals surface area contributed by atoms with Gasteiger partial charge in [-0.15, -0.1) is 0 Å². The molecule has 1 radical (unpaired) electrons. The summed E-state index contributed by atoms with van der Waals surface area (Å²) in [6.07, 6.45) is 1.81. The Morgan fingerprint density at radius 3 is 1.56 bits per heavy atom. The predicted molar refractivity (Wildman–Crippen MR) is 37.7 cm³/mol. The Labute approximate surface area is 56.4 Å². The molecule has 1 atom stereocenters. The summed E-state index contributed by atoms with van der Waals surface area (Å²) < 4.78 is 0. The van der Waals surface area contributed by atoms with Gasteiger partial charge < -0.3 is 5.73 Å². The van der Waals surface area contributed by atoms with E-state index in [0.717, 1.165) is 0 Å². The summed E-state index contributed by atoms with van der Waals surface area (Å²) in [6, 6.07) is 0. The highest BCUT2D eigenvalue weighted by Gasteiger charge is 2.33. The molecule has 0 saturated carbocycles. The van der Waals surface area contributed by atoms with Crippen molar-refractivity contribution >= 4 is 6.29 Å². The summed E-state index contributed by atoms with van der Waals surface area (Å²) >= 11 is 0. The van der Waals surface area contributed by atoms with E-state index in [0.29, 0.717) is 0 Å². The molecule has 0 aromatic carbocycles. The van der Waals surface area contributed by atoms with Crippen molar-refractivity contribution in [3.63, 3.8) is 0 Å². The van der Waals surface area contributed by atoms with Gasteiger partial charge in [-0.3, -0.25) is 4.79 Å². The van der Waals surface area contributed by atoms with Crippen LogP contribution in [0, 0.1) is 5.41 Å². The van der Waals surface area contributed by atoms with Crippen LogP contribution in [-0.4, -0.2) is 11.8 Å². The molecule has 0 aliphatic rings. The molecule has 0 spiro atoms. The van der Waals surface area contributed by atoms with Crippen LogP contribution in [0.5, 0.6) is 0 Å². The second-order valence-electron chi connectivity index (χ2n) is 3.55. The topological polar surface area (TPSA) is 43.1 Å². The third kappa shape index (κ3) is 1.79. The smallest absolute Gasteiger partial charge is 0.220 e. The fourth-order valence-electron chi connectivity index (χ4n) is 0.153. The van der Waals surface area contributed by atoms with Gasteiger partial charge in [-0.05, 0) is 12.3 Å². The minimum absolute atomic E-state index is 0.200. The molecule has 0 heterocycles. The highest BCUT2D eigenvalue weighted by Crippen LogP contribution is 2.25. The van der Waals surface area contributed by atoms with Crippen LogP contribution in [0.4, 0.5) is 0 Å². The molecule has 2 nitrogen and oxygen atoms in total. The molecule has 0 fully saturated rings. The minimum atomic E-state index is -0.826. The zero-order valence-corrected chi connectivity index (χ0v) is 6.49. The lowest BCUT2D eigenvalue weighted by atomic mass is 9.77. The Balaban J connectivity index is 4.32. The molecule has 0 aromatic heterocycles.